The van der Waals surface area contributed by atoms with E-state index >= 15 is 0 Å². The Hall–Kier alpha value is -1.68. The fourth-order valence-electron chi connectivity index (χ4n) is 1.70. The Morgan fingerprint density at radius 3 is 2.94 bits per heavy atom. The van der Waals surface area contributed by atoms with Crippen molar-refractivity contribution in [3.63, 3.8) is 0 Å². The Morgan fingerprint density at radius 1 is 1.53 bits per heavy atom. The number of aliphatic carboxylic acids is 1. The van der Waals surface area contributed by atoms with Gasteiger partial charge in [-0.15, -0.1) is 11.3 Å². The zero-order chi connectivity index (χ0) is 12.4. The number of carboxylic acid groups (broad SMARTS) is 1. The second kappa shape index (κ2) is 4.67. The predicted molar refractivity (Wildman–Crippen MR) is 70.3 cm³/mol. The summed E-state index contributed by atoms with van der Waals surface area (Å²) in [5.41, 5.74) is 2.29. The third-order valence-electron chi connectivity index (χ3n) is 2.54. The van der Waals surface area contributed by atoms with Crippen molar-refractivity contribution in [2.24, 2.45) is 0 Å². The number of carboxylic acids is 1. The highest BCUT2D eigenvalue weighted by Gasteiger charge is 2.08. The van der Waals surface area contributed by atoms with Crippen molar-refractivity contribution >= 4 is 33.6 Å². The molecule has 17 heavy (non-hydrogen) atoms. The van der Waals surface area contributed by atoms with Crippen LogP contribution in [0, 0.1) is 6.92 Å². The molecule has 88 valence electrons. The summed E-state index contributed by atoms with van der Waals surface area (Å²) in [4.78, 5) is 15.4. The van der Waals surface area contributed by atoms with Gasteiger partial charge in [0.05, 0.1) is 15.2 Å². The van der Waals surface area contributed by atoms with Crippen LogP contribution in [0.5, 0.6) is 0 Å². The molecule has 1 N–H and O–H groups in total. The Bertz CT molecular complexity index is 598. The summed E-state index contributed by atoms with van der Waals surface area (Å²) in [7, 11) is 0. The first-order valence-electron chi connectivity index (χ1n) is 5.42. The number of hydrogen-bond donors (Lipinski definition) is 1. The van der Waals surface area contributed by atoms with Gasteiger partial charge in [0, 0.05) is 5.57 Å². The van der Waals surface area contributed by atoms with Crippen LogP contribution in [0.1, 0.15) is 23.9 Å². The van der Waals surface area contributed by atoms with E-state index in [9.17, 15) is 4.79 Å². The Labute approximate surface area is 103 Å². The van der Waals surface area contributed by atoms with Crippen LogP contribution in [0.2, 0.25) is 0 Å². The Morgan fingerprint density at radius 2 is 2.29 bits per heavy atom. The smallest absolute Gasteiger partial charge is 0.331 e. The van der Waals surface area contributed by atoms with E-state index in [2.05, 4.69) is 4.98 Å². The average molecular weight is 247 g/mol. The third-order valence-corrected chi connectivity index (χ3v) is 3.57. The molecule has 0 spiro atoms. The molecule has 0 fully saturated rings. The molecule has 0 aliphatic carbocycles. The largest absolute Gasteiger partial charge is 0.478 e. The van der Waals surface area contributed by atoms with Crippen molar-refractivity contribution in [2.45, 2.75) is 20.3 Å². The van der Waals surface area contributed by atoms with E-state index < -0.39 is 5.97 Å². The van der Waals surface area contributed by atoms with Crippen molar-refractivity contribution in [1.29, 1.82) is 0 Å². The lowest BCUT2D eigenvalue weighted by molar-refractivity contribution is -0.132. The quantitative estimate of drug-likeness (QED) is 0.845. The van der Waals surface area contributed by atoms with Gasteiger partial charge in [-0.3, -0.25) is 0 Å². The van der Waals surface area contributed by atoms with Crippen molar-refractivity contribution in [2.75, 3.05) is 0 Å². The summed E-state index contributed by atoms with van der Waals surface area (Å²) in [6.07, 6.45) is 2.26. The topological polar surface area (TPSA) is 50.2 Å². The van der Waals surface area contributed by atoms with Crippen LogP contribution in [0.3, 0.4) is 0 Å². The lowest BCUT2D eigenvalue weighted by Gasteiger charge is -1.99. The van der Waals surface area contributed by atoms with E-state index in [1.54, 1.807) is 17.4 Å². The molecule has 4 heteroatoms. The van der Waals surface area contributed by atoms with Crippen LogP contribution in [0.25, 0.3) is 16.3 Å². The molecular weight excluding hydrogens is 234 g/mol. The molecule has 1 aromatic carbocycles. The molecule has 0 bridgehead atoms. The SMILES string of the molecule is CC/C(=C\c1cccc2nc(C)sc12)C(=O)O. The van der Waals surface area contributed by atoms with Crippen molar-refractivity contribution in [3.8, 4) is 0 Å². The summed E-state index contributed by atoms with van der Waals surface area (Å²) in [6.45, 7) is 3.80. The molecule has 2 aromatic rings. The number of aryl methyl sites for hydroxylation is 1. The average Bonchev–Trinajstić information content (AvgIpc) is 2.66. The first kappa shape index (κ1) is 11.8. The first-order chi connectivity index (χ1) is 8.11. The summed E-state index contributed by atoms with van der Waals surface area (Å²) in [6, 6.07) is 5.78. The molecule has 1 aromatic heterocycles. The van der Waals surface area contributed by atoms with Gasteiger partial charge in [0.25, 0.3) is 0 Å². The Balaban J connectivity index is 2.59. The first-order valence-corrected chi connectivity index (χ1v) is 6.23. The molecule has 0 saturated heterocycles. The highest BCUT2D eigenvalue weighted by Crippen LogP contribution is 2.27. The zero-order valence-corrected chi connectivity index (χ0v) is 10.5. The molecule has 2 rings (SSSR count). The van der Waals surface area contributed by atoms with Gasteiger partial charge in [0.1, 0.15) is 0 Å². The normalized spacial score (nSPS) is 12.0. The van der Waals surface area contributed by atoms with Crippen LogP contribution in [-0.4, -0.2) is 16.1 Å². The van der Waals surface area contributed by atoms with E-state index in [0.717, 1.165) is 20.8 Å². The van der Waals surface area contributed by atoms with Gasteiger partial charge in [-0.1, -0.05) is 19.1 Å². The number of fused-ring (bicyclic) bond motifs is 1. The van der Waals surface area contributed by atoms with E-state index in [1.807, 2.05) is 32.0 Å². The van der Waals surface area contributed by atoms with Crippen molar-refractivity contribution in [3.05, 3.63) is 34.3 Å². The molecule has 3 nitrogen and oxygen atoms in total. The van der Waals surface area contributed by atoms with Gasteiger partial charge in [0.15, 0.2) is 0 Å². The fraction of sp³-hybridized carbons (Fsp3) is 0.231. The minimum Gasteiger partial charge on any atom is -0.478 e. The summed E-state index contributed by atoms with van der Waals surface area (Å²) in [5, 5.41) is 10.0. The number of thiazole rings is 1. The second-order valence-electron chi connectivity index (χ2n) is 3.76. The van der Waals surface area contributed by atoms with E-state index in [0.29, 0.717) is 12.0 Å². The molecule has 0 radical (unpaired) electrons. The minimum atomic E-state index is -0.856. The Kier molecular flexibility index (Phi) is 3.24. The summed E-state index contributed by atoms with van der Waals surface area (Å²) in [5.74, 6) is -0.856. The van der Waals surface area contributed by atoms with Gasteiger partial charge in [-0.2, -0.15) is 0 Å². The predicted octanol–water partition coefficient (Wildman–Crippen LogP) is 3.48. The molecule has 0 atom stereocenters. The monoisotopic (exact) mass is 247 g/mol. The van der Waals surface area contributed by atoms with Crippen molar-refractivity contribution < 1.29 is 9.90 Å². The molecule has 1 heterocycles. The molecule has 0 unspecified atom stereocenters. The number of carbonyl (C=O) groups is 1. The third kappa shape index (κ3) is 2.36. The lowest BCUT2D eigenvalue weighted by Crippen LogP contribution is -1.98. The number of aromatic nitrogens is 1. The van der Waals surface area contributed by atoms with Gasteiger partial charge in [-0.25, -0.2) is 9.78 Å². The van der Waals surface area contributed by atoms with Crippen LogP contribution in [-0.2, 0) is 4.79 Å². The summed E-state index contributed by atoms with van der Waals surface area (Å²) < 4.78 is 1.05. The number of benzene rings is 1. The minimum absolute atomic E-state index is 0.420. The van der Waals surface area contributed by atoms with E-state index in [1.165, 1.54) is 0 Å². The van der Waals surface area contributed by atoms with Gasteiger partial charge in [0.2, 0.25) is 0 Å². The van der Waals surface area contributed by atoms with Gasteiger partial charge < -0.3 is 5.11 Å². The molecule has 0 amide bonds. The van der Waals surface area contributed by atoms with E-state index in [4.69, 9.17) is 5.11 Å². The van der Waals surface area contributed by atoms with Crippen LogP contribution in [0.15, 0.2) is 23.8 Å². The maximum atomic E-state index is 11.0. The highest BCUT2D eigenvalue weighted by molar-refractivity contribution is 7.18. The van der Waals surface area contributed by atoms with Gasteiger partial charge in [-0.05, 0) is 31.1 Å². The van der Waals surface area contributed by atoms with Gasteiger partial charge >= 0.3 is 5.97 Å². The summed E-state index contributed by atoms with van der Waals surface area (Å²) >= 11 is 1.59. The van der Waals surface area contributed by atoms with E-state index in [-0.39, 0.29) is 0 Å². The highest BCUT2D eigenvalue weighted by atomic mass is 32.1. The maximum Gasteiger partial charge on any atom is 0.331 e. The van der Waals surface area contributed by atoms with Crippen molar-refractivity contribution in [1.82, 2.24) is 4.98 Å². The standard InChI is InChI=1S/C13H13NO2S/c1-3-9(13(15)16)7-10-5-4-6-11-12(10)17-8(2)14-11/h4-7H,3H2,1-2H3,(H,15,16)/b9-7+. The van der Waals surface area contributed by atoms with Crippen LogP contribution in [0.4, 0.5) is 0 Å². The molecule has 0 aliphatic rings. The number of rotatable bonds is 3. The number of nitrogens with zero attached hydrogens (tertiary/aromatic N) is 1. The number of hydrogen-bond acceptors (Lipinski definition) is 3. The van der Waals surface area contributed by atoms with Crippen LogP contribution < -0.4 is 0 Å². The maximum absolute atomic E-state index is 11.0. The molecular formula is C13H13NO2S. The molecule has 0 saturated carbocycles. The van der Waals surface area contributed by atoms with Crippen LogP contribution >= 0.6 is 11.3 Å². The molecule has 0 aliphatic heterocycles. The second-order valence-corrected chi connectivity index (χ2v) is 4.96. The fourth-order valence-corrected chi connectivity index (χ4v) is 2.60. The zero-order valence-electron chi connectivity index (χ0n) is 9.73. The lowest BCUT2D eigenvalue weighted by atomic mass is 10.1.